The molecule has 0 heterocycles. The molecule has 1 unspecified atom stereocenters. The minimum Gasteiger partial charge on any atom is -0.354 e. The minimum atomic E-state index is 0. The van der Waals surface area contributed by atoms with E-state index in [0.717, 1.165) is 31.8 Å². The molecular weight excluding hydrogens is 272 g/mol. The van der Waals surface area contributed by atoms with Crippen molar-refractivity contribution < 1.29 is 4.79 Å². The van der Waals surface area contributed by atoms with Crippen molar-refractivity contribution in [2.75, 3.05) is 13.1 Å². The van der Waals surface area contributed by atoms with Gasteiger partial charge in [-0.25, -0.2) is 0 Å². The fourth-order valence-corrected chi connectivity index (χ4v) is 3.10. The number of carbonyl (C=O) groups excluding carboxylic acids is 1. The Bertz CT molecular complexity index is 255. The van der Waals surface area contributed by atoms with E-state index >= 15 is 0 Å². The normalized spacial score (nSPS) is 18.9. The van der Waals surface area contributed by atoms with E-state index in [9.17, 15) is 4.79 Å². The third-order valence-electron chi connectivity index (χ3n) is 4.34. The summed E-state index contributed by atoms with van der Waals surface area (Å²) in [5, 5.41) is 6.43. The van der Waals surface area contributed by atoms with Crippen LogP contribution in [0.1, 0.15) is 65.7 Å². The summed E-state index contributed by atoms with van der Waals surface area (Å²) in [5.74, 6) is 1.27. The van der Waals surface area contributed by atoms with Gasteiger partial charge in [0.25, 0.3) is 0 Å². The maximum atomic E-state index is 12.2. The Kier molecular flexibility index (Phi) is 11.2. The van der Waals surface area contributed by atoms with Gasteiger partial charge in [-0.05, 0) is 32.2 Å². The molecule has 0 spiro atoms. The Morgan fingerprint density at radius 2 is 1.85 bits per heavy atom. The first-order valence-electron chi connectivity index (χ1n) is 8.18. The van der Waals surface area contributed by atoms with Crippen molar-refractivity contribution in [2.45, 2.75) is 71.8 Å². The predicted molar refractivity (Wildman–Crippen MR) is 88.4 cm³/mol. The van der Waals surface area contributed by atoms with E-state index in [4.69, 9.17) is 0 Å². The molecule has 1 aliphatic rings. The van der Waals surface area contributed by atoms with Crippen LogP contribution in [0.15, 0.2) is 0 Å². The van der Waals surface area contributed by atoms with Gasteiger partial charge in [0.05, 0.1) is 0 Å². The van der Waals surface area contributed by atoms with Crippen molar-refractivity contribution in [3.05, 3.63) is 0 Å². The lowest BCUT2D eigenvalue weighted by Crippen LogP contribution is -2.41. The summed E-state index contributed by atoms with van der Waals surface area (Å²) in [4.78, 5) is 12.2. The summed E-state index contributed by atoms with van der Waals surface area (Å²) in [6.45, 7) is 8.05. The fourth-order valence-electron chi connectivity index (χ4n) is 3.10. The summed E-state index contributed by atoms with van der Waals surface area (Å²) in [7, 11) is 0. The van der Waals surface area contributed by atoms with Crippen LogP contribution < -0.4 is 10.6 Å². The lowest BCUT2D eigenvalue weighted by atomic mass is 9.82. The van der Waals surface area contributed by atoms with Crippen molar-refractivity contribution in [1.29, 1.82) is 0 Å². The van der Waals surface area contributed by atoms with Crippen molar-refractivity contribution in [3.63, 3.8) is 0 Å². The summed E-state index contributed by atoms with van der Waals surface area (Å²) in [6, 6.07) is 0.362. The van der Waals surface area contributed by atoms with Crippen LogP contribution in [-0.4, -0.2) is 25.0 Å². The molecule has 1 rings (SSSR count). The molecule has 0 bridgehead atoms. The zero-order valence-corrected chi connectivity index (χ0v) is 14.2. The molecule has 0 aromatic rings. The molecule has 1 fully saturated rings. The van der Waals surface area contributed by atoms with Gasteiger partial charge in [0.1, 0.15) is 0 Å². The quantitative estimate of drug-likeness (QED) is 0.720. The molecule has 2 atom stereocenters. The predicted octanol–water partition coefficient (Wildman–Crippen LogP) is 3.52. The molecule has 2 N–H and O–H groups in total. The van der Waals surface area contributed by atoms with Gasteiger partial charge in [0.15, 0.2) is 0 Å². The van der Waals surface area contributed by atoms with Crippen LogP contribution in [0.3, 0.4) is 0 Å². The Labute approximate surface area is 131 Å². The molecule has 1 amide bonds. The van der Waals surface area contributed by atoms with Crippen molar-refractivity contribution in [3.8, 4) is 0 Å². The van der Waals surface area contributed by atoms with Crippen molar-refractivity contribution in [2.24, 2.45) is 11.8 Å². The third-order valence-corrected chi connectivity index (χ3v) is 4.34. The summed E-state index contributed by atoms with van der Waals surface area (Å²) in [5.41, 5.74) is 0. The van der Waals surface area contributed by atoms with E-state index in [2.05, 4.69) is 31.4 Å². The molecule has 4 heteroatoms. The van der Waals surface area contributed by atoms with Crippen LogP contribution >= 0.6 is 12.4 Å². The van der Waals surface area contributed by atoms with E-state index in [1.54, 1.807) is 0 Å². The first-order valence-corrected chi connectivity index (χ1v) is 8.18. The van der Waals surface area contributed by atoms with Crippen molar-refractivity contribution >= 4 is 18.3 Å². The Morgan fingerprint density at radius 1 is 1.20 bits per heavy atom. The van der Waals surface area contributed by atoms with Crippen LogP contribution in [0.5, 0.6) is 0 Å². The second kappa shape index (κ2) is 11.4. The third kappa shape index (κ3) is 7.49. The minimum absolute atomic E-state index is 0. The molecule has 1 saturated carbocycles. The monoisotopic (exact) mass is 304 g/mol. The number of carbonyl (C=O) groups is 1. The maximum absolute atomic E-state index is 12.2. The standard InChI is InChI=1S/C16H32N2O.ClH/c1-4-15(11-14-9-7-6-8-10-14)16(19)18-12-13(3)17-5-2;/h13-15,17H,4-12H2,1-3H3,(H,18,19);1H/t13-,15?;/m1./s1. The molecule has 3 nitrogen and oxygen atoms in total. The maximum Gasteiger partial charge on any atom is 0.223 e. The Balaban J connectivity index is 0.00000361. The SMILES string of the molecule is CCN[C@H](C)CNC(=O)C(CC)CC1CCCCC1.Cl. The first-order chi connectivity index (χ1) is 9.17. The molecule has 1 aliphatic carbocycles. The molecule has 0 saturated heterocycles. The fraction of sp³-hybridized carbons (Fsp3) is 0.938. The lowest BCUT2D eigenvalue weighted by Gasteiger charge is -2.26. The smallest absolute Gasteiger partial charge is 0.223 e. The molecule has 0 aromatic heterocycles. The summed E-state index contributed by atoms with van der Waals surface area (Å²) >= 11 is 0. The number of rotatable bonds is 8. The highest BCUT2D eigenvalue weighted by Gasteiger charge is 2.22. The van der Waals surface area contributed by atoms with Crippen LogP contribution in [0.4, 0.5) is 0 Å². The molecule has 20 heavy (non-hydrogen) atoms. The van der Waals surface area contributed by atoms with Crippen LogP contribution in [0.25, 0.3) is 0 Å². The number of likely N-dealkylation sites (N-methyl/N-ethyl adjacent to an activating group) is 1. The molecule has 0 aliphatic heterocycles. The highest BCUT2D eigenvalue weighted by Crippen LogP contribution is 2.30. The van der Waals surface area contributed by atoms with Gasteiger partial charge in [-0.2, -0.15) is 0 Å². The Hall–Kier alpha value is -0.280. The highest BCUT2D eigenvalue weighted by molar-refractivity contribution is 5.85. The van der Waals surface area contributed by atoms with Crippen LogP contribution in [0.2, 0.25) is 0 Å². The van der Waals surface area contributed by atoms with Gasteiger partial charge in [0.2, 0.25) is 5.91 Å². The van der Waals surface area contributed by atoms with E-state index in [-0.39, 0.29) is 24.2 Å². The van der Waals surface area contributed by atoms with Crippen LogP contribution in [0, 0.1) is 11.8 Å². The highest BCUT2D eigenvalue weighted by atomic mass is 35.5. The first kappa shape index (κ1) is 19.7. The Morgan fingerprint density at radius 3 is 2.40 bits per heavy atom. The zero-order chi connectivity index (χ0) is 14.1. The average molecular weight is 305 g/mol. The van der Waals surface area contributed by atoms with Crippen LogP contribution in [-0.2, 0) is 4.79 Å². The lowest BCUT2D eigenvalue weighted by molar-refractivity contribution is -0.125. The van der Waals surface area contributed by atoms with E-state index in [1.165, 1.54) is 32.1 Å². The molecular formula is C16H33ClN2O. The van der Waals surface area contributed by atoms with Gasteiger partial charge >= 0.3 is 0 Å². The van der Waals surface area contributed by atoms with Gasteiger partial charge < -0.3 is 10.6 Å². The summed E-state index contributed by atoms with van der Waals surface area (Å²) in [6.07, 6.45) is 8.84. The number of hydrogen-bond donors (Lipinski definition) is 2. The molecule has 0 radical (unpaired) electrons. The number of halogens is 1. The van der Waals surface area contributed by atoms with E-state index in [0.29, 0.717) is 6.04 Å². The number of hydrogen-bond acceptors (Lipinski definition) is 2. The molecule has 0 aromatic carbocycles. The van der Waals surface area contributed by atoms with Gasteiger partial charge in [-0.3, -0.25) is 4.79 Å². The zero-order valence-electron chi connectivity index (χ0n) is 13.4. The van der Waals surface area contributed by atoms with E-state index < -0.39 is 0 Å². The summed E-state index contributed by atoms with van der Waals surface area (Å²) < 4.78 is 0. The second-order valence-electron chi connectivity index (χ2n) is 6.05. The van der Waals surface area contributed by atoms with Gasteiger partial charge in [0, 0.05) is 18.5 Å². The molecule has 120 valence electrons. The van der Waals surface area contributed by atoms with E-state index in [1.807, 2.05) is 0 Å². The topological polar surface area (TPSA) is 41.1 Å². The second-order valence-corrected chi connectivity index (χ2v) is 6.05. The average Bonchev–Trinajstić information content (AvgIpc) is 2.43. The van der Waals surface area contributed by atoms with Gasteiger partial charge in [-0.15, -0.1) is 12.4 Å². The van der Waals surface area contributed by atoms with Gasteiger partial charge in [-0.1, -0.05) is 46.0 Å². The van der Waals surface area contributed by atoms with Crippen molar-refractivity contribution in [1.82, 2.24) is 10.6 Å². The number of amides is 1. The largest absolute Gasteiger partial charge is 0.354 e. The number of nitrogens with one attached hydrogen (secondary N) is 2.